The van der Waals surface area contributed by atoms with E-state index in [4.69, 9.17) is 5.26 Å². The van der Waals surface area contributed by atoms with E-state index >= 15 is 0 Å². The number of carbonyl (C=O) groups is 1. The molecule has 0 saturated heterocycles. The molecule has 0 unspecified atom stereocenters. The summed E-state index contributed by atoms with van der Waals surface area (Å²) in [6.07, 6.45) is 4.18. The molecule has 0 aromatic carbocycles. The fraction of sp³-hybridized carbons (Fsp3) is 0.375. The van der Waals surface area contributed by atoms with Crippen molar-refractivity contribution < 1.29 is 4.79 Å². The molecule has 0 saturated carbocycles. The molecule has 0 bridgehead atoms. The van der Waals surface area contributed by atoms with Crippen LogP contribution in [-0.4, -0.2) is 25.9 Å². The van der Waals surface area contributed by atoms with E-state index in [1.165, 1.54) is 11.8 Å². The third kappa shape index (κ3) is 4.33. The molecule has 23 heavy (non-hydrogen) atoms. The lowest BCUT2D eigenvalue weighted by Crippen LogP contribution is -2.24. The number of amides is 1. The maximum Gasteiger partial charge on any atom is 0.238 e. The van der Waals surface area contributed by atoms with Gasteiger partial charge in [0.1, 0.15) is 5.82 Å². The van der Waals surface area contributed by atoms with Gasteiger partial charge in [0.15, 0.2) is 0 Å². The molecule has 6 nitrogen and oxygen atoms in total. The van der Waals surface area contributed by atoms with Crippen molar-refractivity contribution in [3.05, 3.63) is 36.2 Å². The van der Waals surface area contributed by atoms with E-state index in [2.05, 4.69) is 35.3 Å². The molecule has 0 radical (unpaired) electrons. The molecule has 2 rings (SSSR count). The fourth-order valence-electron chi connectivity index (χ4n) is 1.94. The van der Waals surface area contributed by atoms with Crippen LogP contribution in [0.15, 0.2) is 35.6 Å². The number of hydrogen-bond acceptors (Lipinski definition) is 5. The normalized spacial score (nSPS) is 13.1. The first kappa shape index (κ1) is 17.0. The standard InChI is InChI=1S/C16H19N5OS/c1-4-11(2)21-14(6-8-19-21)20-16(22)12(3)23-15-9-13(10-17)5-7-18-15/h5-9,11-12H,4H2,1-3H3,(H,20,22)/t11-,12-/m1/s1. The minimum absolute atomic E-state index is 0.121. The van der Waals surface area contributed by atoms with E-state index < -0.39 is 0 Å². The second kappa shape index (κ2) is 7.79. The van der Waals surface area contributed by atoms with Crippen LogP contribution in [0.4, 0.5) is 5.82 Å². The van der Waals surface area contributed by atoms with Gasteiger partial charge in [-0.15, -0.1) is 0 Å². The largest absolute Gasteiger partial charge is 0.310 e. The highest BCUT2D eigenvalue weighted by Crippen LogP contribution is 2.23. The molecule has 7 heteroatoms. The number of nitriles is 1. The lowest BCUT2D eigenvalue weighted by Gasteiger charge is -2.16. The highest BCUT2D eigenvalue weighted by molar-refractivity contribution is 8.00. The summed E-state index contributed by atoms with van der Waals surface area (Å²) in [6, 6.07) is 7.39. The average molecular weight is 329 g/mol. The lowest BCUT2D eigenvalue weighted by molar-refractivity contribution is -0.115. The Kier molecular flexibility index (Phi) is 5.77. The van der Waals surface area contributed by atoms with E-state index in [1.807, 2.05) is 11.6 Å². The van der Waals surface area contributed by atoms with E-state index in [-0.39, 0.29) is 17.2 Å². The first-order valence-electron chi connectivity index (χ1n) is 7.42. The number of rotatable bonds is 6. The minimum atomic E-state index is -0.336. The number of hydrogen-bond donors (Lipinski definition) is 1. The summed E-state index contributed by atoms with van der Waals surface area (Å²) >= 11 is 1.32. The van der Waals surface area contributed by atoms with Crippen LogP contribution in [0.3, 0.4) is 0 Å². The molecule has 0 aliphatic rings. The average Bonchev–Trinajstić information content (AvgIpc) is 3.02. The molecule has 0 aliphatic heterocycles. The van der Waals surface area contributed by atoms with Gasteiger partial charge in [0, 0.05) is 12.3 Å². The van der Waals surface area contributed by atoms with Gasteiger partial charge in [-0.1, -0.05) is 18.7 Å². The topological polar surface area (TPSA) is 83.6 Å². The van der Waals surface area contributed by atoms with Gasteiger partial charge in [-0.25, -0.2) is 9.67 Å². The molecule has 0 spiro atoms. The van der Waals surface area contributed by atoms with Crippen LogP contribution in [0.25, 0.3) is 0 Å². The number of thioether (sulfide) groups is 1. The Morgan fingerprint density at radius 3 is 2.91 bits per heavy atom. The number of carbonyl (C=O) groups excluding carboxylic acids is 1. The number of anilines is 1. The highest BCUT2D eigenvalue weighted by atomic mass is 32.2. The Hall–Kier alpha value is -2.33. The Bertz CT molecular complexity index is 721. The quantitative estimate of drug-likeness (QED) is 0.823. The van der Waals surface area contributed by atoms with Gasteiger partial charge in [0.05, 0.1) is 34.1 Å². The van der Waals surface area contributed by atoms with E-state index in [9.17, 15) is 4.79 Å². The first-order chi connectivity index (χ1) is 11.0. The van der Waals surface area contributed by atoms with Gasteiger partial charge in [-0.3, -0.25) is 4.79 Å². The molecule has 1 N–H and O–H groups in total. The number of nitrogens with zero attached hydrogens (tertiary/aromatic N) is 4. The predicted octanol–water partition coefficient (Wildman–Crippen LogP) is 3.24. The zero-order valence-electron chi connectivity index (χ0n) is 13.4. The van der Waals surface area contributed by atoms with Gasteiger partial charge >= 0.3 is 0 Å². The Balaban J connectivity index is 2.03. The summed E-state index contributed by atoms with van der Waals surface area (Å²) in [4.78, 5) is 16.5. The van der Waals surface area contributed by atoms with Crippen LogP contribution >= 0.6 is 11.8 Å². The molecule has 120 valence electrons. The van der Waals surface area contributed by atoms with Crippen LogP contribution in [0.1, 0.15) is 38.8 Å². The van der Waals surface area contributed by atoms with Crippen molar-refractivity contribution in [2.75, 3.05) is 5.32 Å². The van der Waals surface area contributed by atoms with E-state index in [1.54, 1.807) is 30.6 Å². The molecule has 2 atom stereocenters. The van der Waals surface area contributed by atoms with E-state index in [0.717, 1.165) is 6.42 Å². The SMILES string of the molecule is CC[C@@H](C)n1nccc1NC(=O)[C@@H](C)Sc1cc(C#N)ccn1. The Morgan fingerprint density at radius 2 is 2.22 bits per heavy atom. The van der Waals surface area contributed by atoms with Crippen LogP contribution < -0.4 is 5.32 Å². The summed E-state index contributed by atoms with van der Waals surface area (Å²) in [6.45, 7) is 5.94. The van der Waals surface area contributed by atoms with Crippen molar-refractivity contribution in [3.63, 3.8) is 0 Å². The molecular weight excluding hydrogens is 310 g/mol. The second-order valence-electron chi connectivity index (χ2n) is 5.16. The van der Waals surface area contributed by atoms with Gasteiger partial charge in [-0.2, -0.15) is 10.4 Å². The van der Waals surface area contributed by atoms with Crippen LogP contribution in [0.2, 0.25) is 0 Å². The second-order valence-corrected chi connectivity index (χ2v) is 6.52. The van der Waals surface area contributed by atoms with E-state index in [0.29, 0.717) is 16.4 Å². The third-order valence-corrected chi connectivity index (χ3v) is 4.49. The van der Waals surface area contributed by atoms with Gasteiger partial charge < -0.3 is 5.32 Å². The first-order valence-corrected chi connectivity index (χ1v) is 8.30. The van der Waals surface area contributed by atoms with Crippen LogP contribution in [-0.2, 0) is 4.79 Å². The molecular formula is C16H19N5OS. The van der Waals surface area contributed by atoms with Crippen LogP contribution in [0.5, 0.6) is 0 Å². The number of nitrogens with one attached hydrogen (secondary N) is 1. The monoisotopic (exact) mass is 329 g/mol. The summed E-state index contributed by atoms with van der Waals surface area (Å²) in [5.41, 5.74) is 0.532. The molecule has 2 heterocycles. The van der Waals surface area contributed by atoms with Crippen molar-refractivity contribution in [1.29, 1.82) is 5.26 Å². The van der Waals surface area contributed by atoms with Gasteiger partial charge in [0.2, 0.25) is 5.91 Å². The summed E-state index contributed by atoms with van der Waals surface area (Å²) in [5.74, 6) is 0.569. The zero-order valence-corrected chi connectivity index (χ0v) is 14.2. The summed E-state index contributed by atoms with van der Waals surface area (Å²) in [7, 11) is 0. The van der Waals surface area contributed by atoms with Crippen molar-refractivity contribution in [2.45, 2.75) is 43.5 Å². The highest BCUT2D eigenvalue weighted by Gasteiger charge is 2.18. The van der Waals surface area contributed by atoms with Crippen molar-refractivity contribution in [2.24, 2.45) is 0 Å². The zero-order chi connectivity index (χ0) is 16.8. The molecule has 1 amide bonds. The van der Waals surface area contributed by atoms with Gasteiger partial charge in [-0.05, 0) is 32.4 Å². The Morgan fingerprint density at radius 1 is 1.43 bits per heavy atom. The smallest absolute Gasteiger partial charge is 0.238 e. The minimum Gasteiger partial charge on any atom is -0.310 e. The van der Waals surface area contributed by atoms with Crippen molar-refractivity contribution in [3.8, 4) is 6.07 Å². The predicted molar refractivity (Wildman–Crippen MR) is 90.1 cm³/mol. The number of aromatic nitrogens is 3. The summed E-state index contributed by atoms with van der Waals surface area (Å²) < 4.78 is 1.81. The Labute approximate surface area is 139 Å². The maximum atomic E-state index is 12.4. The molecule has 2 aromatic rings. The number of pyridine rings is 1. The third-order valence-electron chi connectivity index (χ3n) is 3.46. The summed E-state index contributed by atoms with van der Waals surface area (Å²) in [5, 5.41) is 16.4. The van der Waals surface area contributed by atoms with Crippen molar-refractivity contribution >= 4 is 23.5 Å². The maximum absolute atomic E-state index is 12.4. The molecule has 0 fully saturated rings. The molecule has 0 aliphatic carbocycles. The van der Waals surface area contributed by atoms with Crippen LogP contribution in [0, 0.1) is 11.3 Å². The van der Waals surface area contributed by atoms with Gasteiger partial charge in [0.25, 0.3) is 0 Å². The molecule has 2 aromatic heterocycles. The lowest BCUT2D eigenvalue weighted by atomic mass is 10.3. The fourth-order valence-corrected chi connectivity index (χ4v) is 2.79. The van der Waals surface area contributed by atoms with Crippen molar-refractivity contribution in [1.82, 2.24) is 14.8 Å².